The van der Waals surface area contributed by atoms with E-state index in [0.29, 0.717) is 13.0 Å². The lowest BCUT2D eigenvalue weighted by Crippen LogP contribution is -2.06. The third-order valence-corrected chi connectivity index (χ3v) is 7.37. The van der Waals surface area contributed by atoms with Crippen molar-refractivity contribution < 1.29 is 18.3 Å². The molecule has 0 amide bonds. The van der Waals surface area contributed by atoms with E-state index in [9.17, 15) is 13.2 Å². The summed E-state index contributed by atoms with van der Waals surface area (Å²) in [5, 5.41) is 8.76. The fraction of sp³-hybridized carbons (Fsp3) is 1.00. The molecule has 35 heavy (non-hydrogen) atoms. The molecule has 0 bridgehead atoms. The number of halogens is 3. The molecule has 0 aromatic carbocycles. The number of hydrogen-bond acceptors (Lipinski definition) is 1. The molecule has 0 aromatic heterocycles. The second kappa shape index (κ2) is 28.3. The zero-order valence-electron chi connectivity index (χ0n) is 23.3. The average Bonchev–Trinajstić information content (AvgIpc) is 2.82. The number of aliphatic hydroxyl groups is 1. The Morgan fingerprint density at radius 2 is 0.457 bits per heavy atom. The highest BCUT2D eigenvalue weighted by atomic mass is 19.4. The number of alkyl halides is 3. The maximum atomic E-state index is 12.1. The van der Waals surface area contributed by atoms with Crippen molar-refractivity contribution in [2.75, 3.05) is 6.61 Å². The molecule has 4 heteroatoms. The normalized spacial score (nSPS) is 12.0. The van der Waals surface area contributed by atoms with E-state index >= 15 is 0 Å². The van der Waals surface area contributed by atoms with Crippen molar-refractivity contribution >= 4 is 0 Å². The SMILES string of the molecule is OCCCCCCCCCCCCCCCCCCCCCCCCCCCCCCC(F)(F)F. The van der Waals surface area contributed by atoms with E-state index in [4.69, 9.17) is 5.11 Å². The van der Waals surface area contributed by atoms with Gasteiger partial charge in [-0.1, -0.05) is 167 Å². The Morgan fingerprint density at radius 3 is 0.629 bits per heavy atom. The summed E-state index contributed by atoms with van der Waals surface area (Å²) in [5.41, 5.74) is 0. The standard InChI is InChI=1S/C31H61F3O/c32-31(33,34)29-27-25-23-21-19-17-15-13-11-9-7-5-3-1-2-4-6-8-10-12-14-16-18-20-22-24-26-28-30-35/h35H,1-30H2. The monoisotopic (exact) mass is 506 g/mol. The number of aliphatic hydroxyl groups excluding tert-OH is 1. The molecule has 0 fully saturated rings. The van der Waals surface area contributed by atoms with Crippen molar-refractivity contribution in [3.63, 3.8) is 0 Å². The van der Waals surface area contributed by atoms with E-state index < -0.39 is 12.6 Å². The third kappa shape index (κ3) is 33.8. The van der Waals surface area contributed by atoms with Gasteiger partial charge in [-0.15, -0.1) is 0 Å². The van der Waals surface area contributed by atoms with Gasteiger partial charge in [-0.3, -0.25) is 0 Å². The highest BCUT2D eigenvalue weighted by molar-refractivity contribution is 4.54. The molecule has 0 atom stereocenters. The average molecular weight is 507 g/mol. The minimum atomic E-state index is -3.97. The fourth-order valence-electron chi connectivity index (χ4n) is 5.03. The second-order valence-electron chi connectivity index (χ2n) is 11.0. The first-order valence-corrected chi connectivity index (χ1v) is 15.7. The molecule has 212 valence electrons. The Balaban J connectivity index is 3.03. The summed E-state index contributed by atoms with van der Waals surface area (Å²) >= 11 is 0. The van der Waals surface area contributed by atoms with Crippen molar-refractivity contribution in [2.45, 2.75) is 192 Å². The molecule has 0 rings (SSSR count). The van der Waals surface area contributed by atoms with Crippen molar-refractivity contribution in [1.82, 2.24) is 0 Å². The largest absolute Gasteiger partial charge is 0.396 e. The van der Waals surface area contributed by atoms with E-state index in [1.54, 1.807) is 0 Å². The molecule has 0 radical (unpaired) electrons. The van der Waals surface area contributed by atoms with Crippen LogP contribution >= 0.6 is 0 Å². The van der Waals surface area contributed by atoms with E-state index in [-0.39, 0.29) is 0 Å². The molecule has 0 aliphatic carbocycles. The Morgan fingerprint density at radius 1 is 0.286 bits per heavy atom. The molecular formula is C31H61F3O. The van der Waals surface area contributed by atoms with Crippen molar-refractivity contribution in [1.29, 1.82) is 0 Å². The van der Waals surface area contributed by atoms with Crippen LogP contribution in [0.5, 0.6) is 0 Å². The zero-order valence-corrected chi connectivity index (χ0v) is 23.3. The highest BCUT2D eigenvalue weighted by Gasteiger charge is 2.25. The van der Waals surface area contributed by atoms with Crippen LogP contribution in [-0.4, -0.2) is 17.9 Å². The molecule has 0 spiro atoms. The van der Waals surface area contributed by atoms with Crippen LogP contribution in [0.3, 0.4) is 0 Å². The van der Waals surface area contributed by atoms with Gasteiger partial charge in [-0.2, -0.15) is 13.2 Å². The van der Waals surface area contributed by atoms with Crippen LogP contribution < -0.4 is 0 Å². The Hall–Kier alpha value is -0.250. The maximum Gasteiger partial charge on any atom is 0.389 e. The van der Waals surface area contributed by atoms with Gasteiger partial charge in [0.2, 0.25) is 0 Å². The molecule has 1 nitrogen and oxygen atoms in total. The summed E-state index contributed by atoms with van der Waals surface area (Å²) in [6.45, 7) is 0.356. The van der Waals surface area contributed by atoms with Gasteiger partial charge < -0.3 is 5.11 Å². The van der Waals surface area contributed by atoms with Crippen molar-refractivity contribution in [2.24, 2.45) is 0 Å². The number of hydrogen-bond donors (Lipinski definition) is 1. The van der Waals surface area contributed by atoms with E-state index in [1.165, 1.54) is 148 Å². The molecule has 0 unspecified atom stereocenters. The van der Waals surface area contributed by atoms with E-state index in [1.807, 2.05) is 0 Å². The first-order chi connectivity index (χ1) is 17.1. The Kier molecular flexibility index (Phi) is 28.1. The molecular weight excluding hydrogens is 445 g/mol. The van der Waals surface area contributed by atoms with Gasteiger partial charge in [-0.25, -0.2) is 0 Å². The van der Waals surface area contributed by atoms with Gasteiger partial charge in [0.05, 0.1) is 0 Å². The van der Waals surface area contributed by atoms with Crippen molar-refractivity contribution in [3.8, 4) is 0 Å². The number of rotatable bonds is 29. The summed E-state index contributed by atoms with van der Waals surface area (Å²) in [6, 6.07) is 0. The van der Waals surface area contributed by atoms with Gasteiger partial charge in [0.25, 0.3) is 0 Å². The van der Waals surface area contributed by atoms with Gasteiger partial charge in [0, 0.05) is 13.0 Å². The molecule has 0 heterocycles. The van der Waals surface area contributed by atoms with Crippen LogP contribution in [0.1, 0.15) is 186 Å². The van der Waals surface area contributed by atoms with Gasteiger partial charge in [0.15, 0.2) is 0 Å². The maximum absolute atomic E-state index is 12.1. The summed E-state index contributed by atoms with van der Waals surface area (Å²) in [5.74, 6) is 0. The second-order valence-corrected chi connectivity index (χ2v) is 11.0. The Labute approximate surface area is 217 Å². The predicted molar refractivity (Wildman–Crippen MR) is 147 cm³/mol. The highest BCUT2D eigenvalue weighted by Crippen LogP contribution is 2.23. The number of unbranched alkanes of at least 4 members (excludes halogenated alkanes) is 27. The summed E-state index contributed by atoms with van der Waals surface area (Å²) in [6.07, 6.45) is 31.0. The van der Waals surface area contributed by atoms with Gasteiger partial charge >= 0.3 is 6.18 Å². The molecule has 0 saturated heterocycles. The first-order valence-electron chi connectivity index (χ1n) is 15.7. The lowest BCUT2D eigenvalue weighted by Gasteiger charge is -2.06. The van der Waals surface area contributed by atoms with Crippen LogP contribution in [-0.2, 0) is 0 Å². The lowest BCUT2D eigenvalue weighted by molar-refractivity contribution is -0.135. The predicted octanol–water partition coefficient (Wildman–Crippen LogP) is 11.9. The topological polar surface area (TPSA) is 20.2 Å². The lowest BCUT2D eigenvalue weighted by atomic mass is 10.0. The summed E-state index contributed by atoms with van der Waals surface area (Å²) < 4.78 is 36.2. The minimum Gasteiger partial charge on any atom is -0.396 e. The quantitative estimate of drug-likeness (QED) is 0.1000. The third-order valence-electron chi connectivity index (χ3n) is 7.37. The molecule has 0 aliphatic rings. The Bertz CT molecular complexity index is 384. The van der Waals surface area contributed by atoms with Crippen LogP contribution in [0.25, 0.3) is 0 Å². The summed E-state index contributed by atoms with van der Waals surface area (Å²) in [7, 11) is 0. The van der Waals surface area contributed by atoms with Crippen LogP contribution in [0, 0.1) is 0 Å². The molecule has 1 N–H and O–H groups in total. The van der Waals surface area contributed by atoms with Crippen LogP contribution in [0.15, 0.2) is 0 Å². The smallest absolute Gasteiger partial charge is 0.389 e. The van der Waals surface area contributed by atoms with E-state index in [2.05, 4.69) is 0 Å². The van der Waals surface area contributed by atoms with Crippen LogP contribution in [0.2, 0.25) is 0 Å². The van der Waals surface area contributed by atoms with Crippen LogP contribution in [0.4, 0.5) is 13.2 Å². The minimum absolute atomic E-state index is 0.304. The fourth-order valence-corrected chi connectivity index (χ4v) is 5.03. The molecule has 0 aromatic rings. The van der Waals surface area contributed by atoms with Gasteiger partial charge in [-0.05, 0) is 12.8 Å². The zero-order chi connectivity index (χ0) is 25.7. The van der Waals surface area contributed by atoms with E-state index in [0.717, 1.165) is 25.7 Å². The molecule has 0 aliphatic heterocycles. The van der Waals surface area contributed by atoms with Crippen molar-refractivity contribution in [3.05, 3.63) is 0 Å². The first kappa shape index (κ1) is 34.8. The molecule has 0 saturated carbocycles. The van der Waals surface area contributed by atoms with Gasteiger partial charge in [0.1, 0.15) is 0 Å². The summed E-state index contributed by atoms with van der Waals surface area (Å²) in [4.78, 5) is 0.